The third-order valence-electron chi connectivity index (χ3n) is 3.63. The molecule has 0 saturated carbocycles. The molecule has 1 aromatic carbocycles. The maximum Gasteiger partial charge on any atom is 0.416 e. The van der Waals surface area contributed by atoms with Crippen LogP contribution in [0.25, 0.3) is 0 Å². The van der Waals surface area contributed by atoms with E-state index in [1.165, 1.54) is 12.1 Å². The van der Waals surface area contributed by atoms with Crippen LogP contribution in [0.1, 0.15) is 24.0 Å². The zero-order chi connectivity index (χ0) is 17.1. The number of alkyl halides is 3. The lowest BCUT2D eigenvalue weighted by atomic mass is 9.91. The van der Waals surface area contributed by atoms with Crippen molar-refractivity contribution >= 4 is 12.3 Å². The van der Waals surface area contributed by atoms with E-state index in [9.17, 15) is 22.8 Å². The summed E-state index contributed by atoms with van der Waals surface area (Å²) in [6.07, 6.45) is -4.61. The van der Waals surface area contributed by atoms with Crippen LogP contribution in [0.3, 0.4) is 0 Å². The molecule has 126 valence electrons. The van der Waals surface area contributed by atoms with E-state index in [0.29, 0.717) is 6.29 Å². The quantitative estimate of drug-likeness (QED) is 0.811. The van der Waals surface area contributed by atoms with Crippen LogP contribution in [0.15, 0.2) is 24.3 Å². The molecule has 8 heteroatoms. The number of benzene rings is 1. The number of carboxylic acids is 1. The van der Waals surface area contributed by atoms with Crippen molar-refractivity contribution < 1.29 is 37.3 Å². The Morgan fingerprint density at radius 2 is 2.00 bits per heavy atom. The fourth-order valence-electron chi connectivity index (χ4n) is 2.50. The molecule has 1 fully saturated rings. The summed E-state index contributed by atoms with van der Waals surface area (Å²) in [5.41, 5.74) is -0.794. The highest BCUT2D eigenvalue weighted by Crippen LogP contribution is 2.40. The Balaban J connectivity index is 2.37. The van der Waals surface area contributed by atoms with Crippen molar-refractivity contribution in [2.24, 2.45) is 5.92 Å². The van der Waals surface area contributed by atoms with E-state index in [1.54, 1.807) is 0 Å². The number of ether oxygens (including phenoxy) is 2. The number of rotatable bonds is 6. The van der Waals surface area contributed by atoms with Gasteiger partial charge in [-0.25, -0.2) is 0 Å². The highest BCUT2D eigenvalue weighted by molar-refractivity contribution is 5.73. The number of aliphatic carboxylic acids is 1. The third kappa shape index (κ3) is 3.89. The number of hydrogen-bond acceptors (Lipinski definition) is 4. The number of carboxylic acid groups (broad SMARTS) is 1. The van der Waals surface area contributed by atoms with Gasteiger partial charge >= 0.3 is 12.1 Å². The Kier molecular flexibility index (Phi) is 5.06. The van der Waals surface area contributed by atoms with Crippen molar-refractivity contribution in [1.82, 2.24) is 0 Å². The van der Waals surface area contributed by atoms with Crippen LogP contribution in [0.5, 0.6) is 0 Å². The van der Waals surface area contributed by atoms with Gasteiger partial charge in [0.2, 0.25) is 0 Å². The van der Waals surface area contributed by atoms with Gasteiger partial charge in [-0.1, -0.05) is 12.1 Å². The lowest BCUT2D eigenvalue weighted by Crippen LogP contribution is -2.33. The summed E-state index contributed by atoms with van der Waals surface area (Å²) in [4.78, 5) is 21.9. The fourth-order valence-corrected chi connectivity index (χ4v) is 2.50. The summed E-state index contributed by atoms with van der Waals surface area (Å²) < 4.78 is 49.5. The Labute approximate surface area is 130 Å². The van der Waals surface area contributed by atoms with Crippen molar-refractivity contribution in [2.45, 2.75) is 24.8 Å². The Bertz CT molecular complexity index is 579. The maximum atomic E-state index is 12.9. The fraction of sp³-hybridized carbons (Fsp3) is 0.467. The van der Waals surface area contributed by atoms with E-state index in [0.717, 1.165) is 12.1 Å². The minimum Gasteiger partial charge on any atom is -0.481 e. The predicted molar refractivity (Wildman–Crippen MR) is 71.4 cm³/mol. The van der Waals surface area contributed by atoms with Crippen LogP contribution in [-0.2, 0) is 31.0 Å². The summed E-state index contributed by atoms with van der Waals surface area (Å²) in [5.74, 6) is -3.93. The monoisotopic (exact) mass is 332 g/mol. The summed E-state index contributed by atoms with van der Waals surface area (Å²) in [6.45, 7) is 0.257. The van der Waals surface area contributed by atoms with Gasteiger partial charge in [0.05, 0.1) is 24.7 Å². The molecule has 0 radical (unpaired) electrons. The van der Waals surface area contributed by atoms with E-state index in [4.69, 9.17) is 14.6 Å². The predicted octanol–water partition coefficient (Wildman–Crippen LogP) is 2.58. The largest absolute Gasteiger partial charge is 0.481 e. The summed E-state index contributed by atoms with van der Waals surface area (Å²) in [7, 11) is 0. The molecule has 0 spiro atoms. The van der Waals surface area contributed by atoms with Gasteiger partial charge in [0, 0.05) is 18.4 Å². The number of halogens is 3. The molecule has 0 amide bonds. The number of hydrogen-bond donors (Lipinski definition) is 1. The molecular weight excluding hydrogens is 317 g/mol. The second kappa shape index (κ2) is 6.67. The normalized spacial score (nSPS) is 18.6. The molecule has 1 N–H and O–H groups in total. The van der Waals surface area contributed by atoms with Crippen LogP contribution in [0.2, 0.25) is 0 Å². The SMILES string of the molecule is O=CCC(CC1(c2cccc(C(F)(F)F)c2)OCCO1)C(=O)O. The maximum absolute atomic E-state index is 12.9. The molecule has 1 aromatic rings. The van der Waals surface area contributed by atoms with E-state index in [-0.39, 0.29) is 31.6 Å². The Hall–Kier alpha value is -1.93. The first-order chi connectivity index (χ1) is 10.8. The van der Waals surface area contributed by atoms with Crippen molar-refractivity contribution in [1.29, 1.82) is 0 Å². The van der Waals surface area contributed by atoms with Crippen molar-refractivity contribution in [2.75, 3.05) is 13.2 Å². The molecule has 1 aliphatic heterocycles. The molecule has 1 aliphatic rings. The summed E-state index contributed by atoms with van der Waals surface area (Å²) in [6, 6.07) is 4.39. The first-order valence-electron chi connectivity index (χ1n) is 6.90. The number of carbonyl (C=O) groups excluding carboxylic acids is 1. The van der Waals surface area contributed by atoms with E-state index >= 15 is 0 Å². The lowest BCUT2D eigenvalue weighted by Gasteiger charge is -2.30. The molecular formula is C15H15F3O5. The highest BCUT2D eigenvalue weighted by atomic mass is 19.4. The highest BCUT2D eigenvalue weighted by Gasteiger charge is 2.43. The minimum absolute atomic E-state index is 0.0852. The zero-order valence-electron chi connectivity index (χ0n) is 12.0. The van der Waals surface area contributed by atoms with Gasteiger partial charge < -0.3 is 19.4 Å². The van der Waals surface area contributed by atoms with E-state index < -0.39 is 29.4 Å². The number of aldehydes is 1. The molecule has 2 rings (SSSR count). The first-order valence-corrected chi connectivity index (χ1v) is 6.90. The Morgan fingerprint density at radius 3 is 2.52 bits per heavy atom. The standard InChI is InChI=1S/C15H15F3O5/c16-15(17,18)12-3-1-2-11(8-12)14(22-6-7-23-14)9-10(4-5-19)13(20)21/h1-3,5,8,10H,4,6-7,9H2,(H,20,21). The van der Waals surface area contributed by atoms with Crippen molar-refractivity contribution in [3.8, 4) is 0 Å². The Morgan fingerprint density at radius 1 is 1.35 bits per heavy atom. The van der Waals surface area contributed by atoms with Crippen LogP contribution in [0.4, 0.5) is 13.2 Å². The molecule has 1 atom stereocenters. The minimum atomic E-state index is -4.54. The third-order valence-corrected chi connectivity index (χ3v) is 3.63. The average Bonchev–Trinajstić information content (AvgIpc) is 2.96. The zero-order valence-corrected chi connectivity index (χ0v) is 12.0. The molecule has 0 aliphatic carbocycles. The summed E-state index contributed by atoms with van der Waals surface area (Å²) >= 11 is 0. The lowest BCUT2D eigenvalue weighted by molar-refractivity contribution is -0.186. The topological polar surface area (TPSA) is 72.8 Å². The van der Waals surface area contributed by atoms with Crippen LogP contribution in [-0.4, -0.2) is 30.6 Å². The number of carbonyl (C=O) groups is 2. The molecule has 0 bridgehead atoms. The van der Waals surface area contributed by atoms with Crippen molar-refractivity contribution in [3.63, 3.8) is 0 Å². The molecule has 1 saturated heterocycles. The average molecular weight is 332 g/mol. The molecule has 23 heavy (non-hydrogen) atoms. The van der Waals surface area contributed by atoms with Gasteiger partial charge in [0.25, 0.3) is 0 Å². The molecule has 1 heterocycles. The van der Waals surface area contributed by atoms with Gasteiger partial charge in [-0.05, 0) is 12.1 Å². The van der Waals surface area contributed by atoms with Gasteiger partial charge in [-0.2, -0.15) is 13.2 Å². The van der Waals surface area contributed by atoms with Crippen LogP contribution in [0, 0.1) is 5.92 Å². The van der Waals surface area contributed by atoms with E-state index in [1.807, 2.05) is 0 Å². The second-order valence-electron chi connectivity index (χ2n) is 5.17. The van der Waals surface area contributed by atoms with Gasteiger partial charge in [0.15, 0.2) is 5.79 Å². The molecule has 0 aromatic heterocycles. The van der Waals surface area contributed by atoms with Crippen molar-refractivity contribution in [3.05, 3.63) is 35.4 Å². The van der Waals surface area contributed by atoms with E-state index in [2.05, 4.69) is 0 Å². The smallest absolute Gasteiger partial charge is 0.416 e. The second-order valence-corrected chi connectivity index (χ2v) is 5.17. The van der Waals surface area contributed by atoms with Gasteiger partial charge in [0.1, 0.15) is 6.29 Å². The molecule has 1 unspecified atom stereocenters. The van der Waals surface area contributed by atoms with Crippen LogP contribution >= 0.6 is 0 Å². The first kappa shape index (κ1) is 17.4. The summed E-state index contributed by atoms with van der Waals surface area (Å²) in [5, 5.41) is 9.16. The molecule has 5 nitrogen and oxygen atoms in total. The van der Waals surface area contributed by atoms with Crippen LogP contribution < -0.4 is 0 Å². The van der Waals surface area contributed by atoms with Gasteiger partial charge in [-0.3, -0.25) is 4.79 Å². The van der Waals surface area contributed by atoms with Gasteiger partial charge in [-0.15, -0.1) is 0 Å².